The molecule has 1 rings (SSSR count). The number of carbonyl (C=O) groups is 1. The smallest absolute Gasteiger partial charge is 0.240 e. The molecule has 0 aromatic heterocycles. The zero-order chi connectivity index (χ0) is 12.3. The maximum absolute atomic E-state index is 12.2. The molecule has 1 aliphatic heterocycles. The summed E-state index contributed by atoms with van der Waals surface area (Å²) in [5, 5.41) is 0. The molecule has 1 heterocycles. The van der Waals surface area contributed by atoms with Crippen molar-refractivity contribution in [2.45, 2.75) is 39.3 Å². The Morgan fingerprint density at radius 1 is 1.56 bits per heavy atom. The van der Waals surface area contributed by atoms with Crippen molar-refractivity contribution >= 4 is 5.91 Å². The van der Waals surface area contributed by atoms with E-state index in [2.05, 4.69) is 11.9 Å². The summed E-state index contributed by atoms with van der Waals surface area (Å²) in [4.78, 5) is 16.4. The average molecular weight is 227 g/mol. The summed E-state index contributed by atoms with van der Waals surface area (Å²) < 4.78 is 0. The molecule has 0 saturated carbocycles. The van der Waals surface area contributed by atoms with Crippen LogP contribution in [0.4, 0.5) is 0 Å². The molecule has 1 saturated heterocycles. The minimum atomic E-state index is -0.356. The largest absolute Gasteiger partial charge is 0.337 e. The van der Waals surface area contributed by atoms with Crippen LogP contribution < -0.4 is 5.73 Å². The third-order valence-electron chi connectivity index (χ3n) is 3.43. The number of nitrogens with zero attached hydrogens (tertiary/aromatic N) is 2. The average Bonchev–Trinajstić information content (AvgIpc) is 2.64. The minimum Gasteiger partial charge on any atom is -0.337 e. The Kier molecular flexibility index (Phi) is 4.74. The van der Waals surface area contributed by atoms with Crippen LogP contribution in [0.3, 0.4) is 0 Å². The van der Waals surface area contributed by atoms with Crippen molar-refractivity contribution in [3.63, 3.8) is 0 Å². The molecule has 0 aromatic rings. The Labute approximate surface area is 98.8 Å². The number of likely N-dealkylation sites (N-methyl/N-ethyl adjacent to an activating group) is 2. The van der Waals surface area contributed by atoms with Gasteiger partial charge in [0.25, 0.3) is 0 Å². The normalized spacial score (nSPS) is 23.8. The third-order valence-corrected chi connectivity index (χ3v) is 3.43. The van der Waals surface area contributed by atoms with Crippen LogP contribution in [-0.4, -0.2) is 54.5 Å². The van der Waals surface area contributed by atoms with Crippen LogP contribution in [0.2, 0.25) is 0 Å². The molecule has 0 aromatic carbocycles. The van der Waals surface area contributed by atoms with E-state index < -0.39 is 0 Å². The van der Waals surface area contributed by atoms with Crippen LogP contribution in [0.5, 0.6) is 0 Å². The molecular formula is C12H25N3O. The van der Waals surface area contributed by atoms with Crippen LogP contribution in [0.25, 0.3) is 0 Å². The lowest BCUT2D eigenvalue weighted by atomic mass is 10.0. The van der Waals surface area contributed by atoms with Crippen molar-refractivity contribution in [1.29, 1.82) is 0 Å². The van der Waals surface area contributed by atoms with Gasteiger partial charge in [0.2, 0.25) is 5.91 Å². The lowest BCUT2D eigenvalue weighted by molar-refractivity contribution is -0.135. The van der Waals surface area contributed by atoms with E-state index in [4.69, 9.17) is 5.73 Å². The standard InChI is InChI=1S/C12H25N3O/c1-5-15(10-6-7-14(4)8-10)12(16)11(13)9(2)3/h9-11H,5-8,13H2,1-4H3. The van der Waals surface area contributed by atoms with Crippen LogP contribution in [-0.2, 0) is 4.79 Å². The molecule has 0 radical (unpaired) electrons. The number of likely N-dealkylation sites (tertiary alicyclic amines) is 1. The fraction of sp³-hybridized carbons (Fsp3) is 0.917. The first-order valence-electron chi connectivity index (χ1n) is 6.22. The summed E-state index contributed by atoms with van der Waals surface area (Å²) in [7, 11) is 2.10. The fourth-order valence-corrected chi connectivity index (χ4v) is 2.24. The van der Waals surface area contributed by atoms with Crippen LogP contribution in [0.15, 0.2) is 0 Å². The summed E-state index contributed by atoms with van der Waals surface area (Å²) in [6, 6.07) is -0.00171. The van der Waals surface area contributed by atoms with E-state index >= 15 is 0 Å². The first-order valence-corrected chi connectivity index (χ1v) is 6.22. The van der Waals surface area contributed by atoms with Gasteiger partial charge in [-0.2, -0.15) is 0 Å². The number of hydrogen-bond donors (Lipinski definition) is 1. The van der Waals surface area contributed by atoms with Crippen LogP contribution in [0, 0.1) is 5.92 Å². The highest BCUT2D eigenvalue weighted by Crippen LogP contribution is 2.16. The molecule has 94 valence electrons. The van der Waals surface area contributed by atoms with Gasteiger partial charge < -0.3 is 15.5 Å². The molecule has 0 spiro atoms. The number of nitrogens with two attached hydrogens (primary N) is 1. The van der Waals surface area contributed by atoms with E-state index in [9.17, 15) is 4.79 Å². The number of hydrogen-bond acceptors (Lipinski definition) is 3. The lowest BCUT2D eigenvalue weighted by Gasteiger charge is -2.31. The summed E-state index contributed by atoms with van der Waals surface area (Å²) >= 11 is 0. The monoisotopic (exact) mass is 227 g/mol. The molecule has 4 heteroatoms. The van der Waals surface area contributed by atoms with Crippen LogP contribution in [0.1, 0.15) is 27.2 Å². The molecule has 1 fully saturated rings. The van der Waals surface area contributed by atoms with E-state index in [1.165, 1.54) is 0 Å². The first-order chi connectivity index (χ1) is 7.47. The SMILES string of the molecule is CCN(C(=O)C(N)C(C)C)C1CCN(C)C1. The second-order valence-electron chi connectivity index (χ2n) is 5.10. The van der Waals surface area contributed by atoms with Crippen molar-refractivity contribution in [3.05, 3.63) is 0 Å². The van der Waals surface area contributed by atoms with E-state index in [0.717, 1.165) is 26.1 Å². The van der Waals surface area contributed by atoms with E-state index in [1.807, 2.05) is 25.7 Å². The molecule has 2 unspecified atom stereocenters. The van der Waals surface area contributed by atoms with Crippen LogP contribution >= 0.6 is 0 Å². The van der Waals surface area contributed by atoms with Crippen molar-refractivity contribution in [3.8, 4) is 0 Å². The van der Waals surface area contributed by atoms with Gasteiger partial charge in [-0.15, -0.1) is 0 Å². The summed E-state index contributed by atoms with van der Waals surface area (Å²) in [6.07, 6.45) is 1.07. The molecule has 2 atom stereocenters. The molecule has 0 bridgehead atoms. The van der Waals surface area contributed by atoms with Gasteiger partial charge in [-0.05, 0) is 32.9 Å². The van der Waals surface area contributed by atoms with E-state index in [0.29, 0.717) is 6.04 Å². The Morgan fingerprint density at radius 3 is 2.56 bits per heavy atom. The zero-order valence-corrected chi connectivity index (χ0v) is 10.9. The Hall–Kier alpha value is -0.610. The second kappa shape index (κ2) is 5.64. The van der Waals surface area contributed by atoms with Gasteiger partial charge in [-0.1, -0.05) is 13.8 Å². The van der Waals surface area contributed by atoms with Gasteiger partial charge in [0.15, 0.2) is 0 Å². The second-order valence-corrected chi connectivity index (χ2v) is 5.10. The van der Waals surface area contributed by atoms with Crippen molar-refractivity contribution in [1.82, 2.24) is 9.80 Å². The van der Waals surface area contributed by atoms with Gasteiger partial charge in [0, 0.05) is 19.1 Å². The highest BCUT2D eigenvalue weighted by Gasteiger charge is 2.31. The van der Waals surface area contributed by atoms with Gasteiger partial charge in [-0.25, -0.2) is 0 Å². The molecular weight excluding hydrogens is 202 g/mol. The molecule has 1 amide bonds. The highest BCUT2D eigenvalue weighted by molar-refractivity contribution is 5.82. The fourth-order valence-electron chi connectivity index (χ4n) is 2.24. The maximum Gasteiger partial charge on any atom is 0.240 e. The zero-order valence-electron chi connectivity index (χ0n) is 10.9. The number of rotatable bonds is 4. The predicted octanol–water partition coefficient (Wildman–Crippen LogP) is 0.522. The molecule has 4 nitrogen and oxygen atoms in total. The Balaban J connectivity index is 2.63. The molecule has 0 aliphatic carbocycles. The summed E-state index contributed by atoms with van der Waals surface area (Å²) in [5.74, 6) is 0.318. The Morgan fingerprint density at radius 2 is 2.19 bits per heavy atom. The molecule has 16 heavy (non-hydrogen) atoms. The Bertz CT molecular complexity index is 242. The maximum atomic E-state index is 12.2. The minimum absolute atomic E-state index is 0.109. The van der Waals surface area contributed by atoms with Gasteiger partial charge in [0.05, 0.1) is 6.04 Å². The van der Waals surface area contributed by atoms with E-state index in [1.54, 1.807) is 0 Å². The summed E-state index contributed by atoms with van der Waals surface area (Å²) in [5.41, 5.74) is 5.93. The number of carbonyl (C=O) groups excluding carboxylic acids is 1. The quantitative estimate of drug-likeness (QED) is 0.762. The highest BCUT2D eigenvalue weighted by atomic mass is 16.2. The van der Waals surface area contributed by atoms with Crippen molar-refractivity contribution in [2.24, 2.45) is 11.7 Å². The lowest BCUT2D eigenvalue weighted by Crippen LogP contribution is -2.51. The van der Waals surface area contributed by atoms with Gasteiger partial charge in [-0.3, -0.25) is 4.79 Å². The first kappa shape index (κ1) is 13.5. The van der Waals surface area contributed by atoms with Crippen molar-refractivity contribution in [2.75, 3.05) is 26.7 Å². The van der Waals surface area contributed by atoms with Gasteiger partial charge >= 0.3 is 0 Å². The van der Waals surface area contributed by atoms with Gasteiger partial charge in [0.1, 0.15) is 0 Å². The van der Waals surface area contributed by atoms with Crippen molar-refractivity contribution < 1.29 is 4.79 Å². The molecule has 2 N–H and O–H groups in total. The topological polar surface area (TPSA) is 49.6 Å². The predicted molar refractivity (Wildman–Crippen MR) is 66.1 cm³/mol. The third kappa shape index (κ3) is 2.95. The number of amides is 1. The van der Waals surface area contributed by atoms with E-state index in [-0.39, 0.29) is 17.9 Å². The molecule has 1 aliphatic rings. The summed E-state index contributed by atoms with van der Waals surface area (Å²) in [6.45, 7) is 8.84.